The van der Waals surface area contributed by atoms with Crippen LogP contribution in [0.5, 0.6) is 0 Å². The first-order valence-electron chi connectivity index (χ1n) is 4.28. The van der Waals surface area contributed by atoms with Gasteiger partial charge in [-0.3, -0.25) is 0 Å². The van der Waals surface area contributed by atoms with Crippen molar-refractivity contribution < 1.29 is 5.11 Å². The SMILES string of the molecule is CCCC(O)c1ccc(I)cc1I. The Bertz CT molecular complexity index is 286. The fourth-order valence-corrected chi connectivity index (χ4v) is 3.16. The molecule has 1 N–H and O–H groups in total. The van der Waals surface area contributed by atoms with Crippen molar-refractivity contribution >= 4 is 45.2 Å². The Labute approximate surface area is 106 Å². The molecule has 3 heteroatoms. The summed E-state index contributed by atoms with van der Waals surface area (Å²) in [5, 5.41) is 9.78. The second-order valence-electron chi connectivity index (χ2n) is 2.97. The molecule has 1 atom stereocenters. The second-order valence-corrected chi connectivity index (χ2v) is 5.38. The molecular weight excluding hydrogens is 390 g/mol. The first-order chi connectivity index (χ1) is 6.15. The molecule has 0 heterocycles. The molecule has 0 saturated heterocycles. The molecule has 0 radical (unpaired) electrons. The molecular formula is C10H12I2O. The minimum absolute atomic E-state index is 0.297. The lowest BCUT2D eigenvalue weighted by Crippen LogP contribution is -1.99. The zero-order valence-electron chi connectivity index (χ0n) is 7.43. The van der Waals surface area contributed by atoms with Gasteiger partial charge in [0.25, 0.3) is 0 Å². The maximum absolute atomic E-state index is 9.78. The molecule has 1 aromatic rings. The fourth-order valence-electron chi connectivity index (χ4n) is 1.20. The van der Waals surface area contributed by atoms with Gasteiger partial charge in [-0.1, -0.05) is 19.4 Å². The minimum Gasteiger partial charge on any atom is -0.388 e. The Kier molecular flexibility index (Phi) is 4.96. The van der Waals surface area contributed by atoms with Crippen LogP contribution >= 0.6 is 45.2 Å². The molecule has 0 spiro atoms. The van der Waals surface area contributed by atoms with Crippen molar-refractivity contribution in [3.8, 4) is 0 Å². The van der Waals surface area contributed by atoms with E-state index in [1.807, 2.05) is 12.1 Å². The predicted molar refractivity (Wildman–Crippen MR) is 71.7 cm³/mol. The van der Waals surface area contributed by atoms with Crippen LogP contribution in [0.1, 0.15) is 31.4 Å². The third-order valence-corrected chi connectivity index (χ3v) is 3.49. The second kappa shape index (κ2) is 5.50. The lowest BCUT2D eigenvalue weighted by Gasteiger charge is -2.11. The van der Waals surface area contributed by atoms with Crippen molar-refractivity contribution in [2.45, 2.75) is 25.9 Å². The van der Waals surface area contributed by atoms with Crippen LogP contribution in [0, 0.1) is 7.14 Å². The highest BCUT2D eigenvalue weighted by molar-refractivity contribution is 14.1. The summed E-state index contributed by atoms with van der Waals surface area (Å²) in [6.45, 7) is 2.09. The lowest BCUT2D eigenvalue weighted by atomic mass is 10.1. The fraction of sp³-hybridized carbons (Fsp3) is 0.400. The quantitative estimate of drug-likeness (QED) is 0.765. The molecule has 0 aromatic heterocycles. The summed E-state index contributed by atoms with van der Waals surface area (Å²) in [5.41, 5.74) is 1.06. The number of aliphatic hydroxyl groups is 1. The molecule has 0 aliphatic carbocycles. The summed E-state index contributed by atoms with van der Waals surface area (Å²) in [6, 6.07) is 6.15. The predicted octanol–water partition coefficient (Wildman–Crippen LogP) is 3.73. The summed E-state index contributed by atoms with van der Waals surface area (Å²) in [4.78, 5) is 0. The molecule has 13 heavy (non-hydrogen) atoms. The standard InChI is InChI=1S/C10H12I2O/c1-2-3-10(13)8-5-4-7(11)6-9(8)12/h4-6,10,13H,2-3H2,1H3. The van der Waals surface area contributed by atoms with E-state index in [4.69, 9.17) is 0 Å². The molecule has 1 nitrogen and oxygen atoms in total. The maximum atomic E-state index is 9.78. The average Bonchev–Trinajstić information content (AvgIpc) is 2.04. The van der Waals surface area contributed by atoms with Crippen LogP contribution in [0.15, 0.2) is 18.2 Å². The largest absolute Gasteiger partial charge is 0.388 e. The number of aliphatic hydroxyl groups excluding tert-OH is 1. The average molecular weight is 402 g/mol. The van der Waals surface area contributed by atoms with Crippen molar-refractivity contribution in [3.63, 3.8) is 0 Å². The lowest BCUT2D eigenvalue weighted by molar-refractivity contribution is 0.165. The summed E-state index contributed by atoms with van der Waals surface area (Å²) in [7, 11) is 0. The monoisotopic (exact) mass is 402 g/mol. The minimum atomic E-state index is -0.297. The zero-order valence-corrected chi connectivity index (χ0v) is 11.7. The van der Waals surface area contributed by atoms with E-state index >= 15 is 0 Å². The molecule has 1 rings (SSSR count). The molecule has 0 aliphatic heterocycles. The van der Waals surface area contributed by atoms with Crippen molar-refractivity contribution in [1.29, 1.82) is 0 Å². The van der Waals surface area contributed by atoms with E-state index in [1.165, 1.54) is 3.57 Å². The Morgan fingerprint density at radius 1 is 1.38 bits per heavy atom. The van der Waals surface area contributed by atoms with Gasteiger partial charge in [0.05, 0.1) is 6.10 Å². The molecule has 0 bridgehead atoms. The summed E-state index contributed by atoms with van der Waals surface area (Å²) in [6.07, 6.45) is 1.56. The summed E-state index contributed by atoms with van der Waals surface area (Å²) in [5.74, 6) is 0. The first kappa shape index (κ1) is 11.7. The van der Waals surface area contributed by atoms with Crippen LogP contribution in [-0.4, -0.2) is 5.11 Å². The van der Waals surface area contributed by atoms with Gasteiger partial charge in [-0.15, -0.1) is 0 Å². The van der Waals surface area contributed by atoms with Gasteiger partial charge in [-0.2, -0.15) is 0 Å². The number of hydrogen-bond donors (Lipinski definition) is 1. The van der Waals surface area contributed by atoms with Crippen molar-refractivity contribution in [2.24, 2.45) is 0 Å². The number of halogens is 2. The van der Waals surface area contributed by atoms with E-state index in [0.717, 1.165) is 22.0 Å². The van der Waals surface area contributed by atoms with Gasteiger partial charge in [0.15, 0.2) is 0 Å². The van der Waals surface area contributed by atoms with Crippen LogP contribution < -0.4 is 0 Å². The van der Waals surface area contributed by atoms with E-state index in [9.17, 15) is 5.11 Å². The molecule has 0 saturated carbocycles. The van der Waals surface area contributed by atoms with Gasteiger partial charge in [0.1, 0.15) is 0 Å². The molecule has 0 fully saturated rings. The van der Waals surface area contributed by atoms with Gasteiger partial charge >= 0.3 is 0 Å². The smallest absolute Gasteiger partial charge is 0.0800 e. The third kappa shape index (κ3) is 3.36. The Balaban J connectivity index is 2.88. The van der Waals surface area contributed by atoms with Crippen molar-refractivity contribution in [2.75, 3.05) is 0 Å². The van der Waals surface area contributed by atoms with Crippen LogP contribution in [0.25, 0.3) is 0 Å². The summed E-state index contributed by atoms with van der Waals surface area (Å²) < 4.78 is 2.37. The van der Waals surface area contributed by atoms with Gasteiger partial charge < -0.3 is 5.11 Å². The Hall–Kier alpha value is 0.640. The Morgan fingerprint density at radius 3 is 2.62 bits per heavy atom. The zero-order chi connectivity index (χ0) is 9.84. The molecule has 1 unspecified atom stereocenters. The van der Waals surface area contributed by atoms with E-state index in [1.54, 1.807) is 0 Å². The molecule has 72 valence electrons. The van der Waals surface area contributed by atoms with Crippen LogP contribution in [0.2, 0.25) is 0 Å². The van der Waals surface area contributed by atoms with E-state index < -0.39 is 0 Å². The molecule has 1 aromatic carbocycles. The van der Waals surface area contributed by atoms with E-state index in [0.29, 0.717) is 0 Å². The number of benzene rings is 1. The number of rotatable bonds is 3. The summed E-state index contributed by atoms with van der Waals surface area (Å²) >= 11 is 4.56. The van der Waals surface area contributed by atoms with Crippen LogP contribution in [0.3, 0.4) is 0 Å². The normalized spacial score (nSPS) is 12.9. The topological polar surface area (TPSA) is 20.2 Å². The van der Waals surface area contributed by atoms with E-state index in [2.05, 4.69) is 58.2 Å². The first-order valence-corrected chi connectivity index (χ1v) is 6.44. The highest BCUT2D eigenvalue weighted by Crippen LogP contribution is 2.24. The van der Waals surface area contributed by atoms with Gasteiger partial charge in [0, 0.05) is 7.14 Å². The van der Waals surface area contributed by atoms with Gasteiger partial charge in [0.2, 0.25) is 0 Å². The molecule has 0 aliphatic rings. The maximum Gasteiger partial charge on any atom is 0.0800 e. The van der Waals surface area contributed by atoms with Crippen molar-refractivity contribution in [1.82, 2.24) is 0 Å². The number of hydrogen-bond acceptors (Lipinski definition) is 1. The van der Waals surface area contributed by atoms with Crippen LogP contribution in [-0.2, 0) is 0 Å². The third-order valence-electron chi connectivity index (χ3n) is 1.88. The van der Waals surface area contributed by atoms with Crippen LogP contribution in [0.4, 0.5) is 0 Å². The highest BCUT2D eigenvalue weighted by atomic mass is 127. The van der Waals surface area contributed by atoms with Crippen molar-refractivity contribution in [3.05, 3.63) is 30.9 Å². The van der Waals surface area contributed by atoms with E-state index in [-0.39, 0.29) is 6.10 Å². The molecule has 0 amide bonds. The van der Waals surface area contributed by atoms with Gasteiger partial charge in [-0.05, 0) is 69.3 Å². The van der Waals surface area contributed by atoms with Gasteiger partial charge in [-0.25, -0.2) is 0 Å². The highest BCUT2D eigenvalue weighted by Gasteiger charge is 2.09. The Morgan fingerprint density at radius 2 is 2.08 bits per heavy atom.